The highest BCUT2D eigenvalue weighted by molar-refractivity contribution is 5.80. The molecule has 0 bridgehead atoms. The van der Waals surface area contributed by atoms with E-state index in [0.29, 0.717) is 11.3 Å². The van der Waals surface area contributed by atoms with Crippen LogP contribution in [-0.4, -0.2) is 6.21 Å². The van der Waals surface area contributed by atoms with Gasteiger partial charge in [0.15, 0.2) is 0 Å². The molecule has 1 aliphatic carbocycles. The number of nitrogens with zero attached hydrogens (tertiary/aromatic N) is 1. The molecular weight excluding hydrogens is 268 g/mol. The molecule has 0 heterocycles. The highest BCUT2D eigenvalue weighted by Crippen LogP contribution is 2.50. The van der Waals surface area contributed by atoms with E-state index in [2.05, 4.69) is 37.9 Å². The lowest BCUT2D eigenvalue weighted by Crippen LogP contribution is -2.16. The zero-order valence-corrected chi connectivity index (χ0v) is 15.3. The van der Waals surface area contributed by atoms with Crippen LogP contribution in [0, 0.1) is 5.41 Å². The molecule has 0 spiro atoms. The molecular formula is C20H32N2. The first kappa shape index (κ1) is 18.5. The molecule has 1 aliphatic rings. The summed E-state index contributed by atoms with van der Waals surface area (Å²) in [7, 11) is 0. The van der Waals surface area contributed by atoms with Gasteiger partial charge in [0.1, 0.15) is 0 Å². The second-order valence-corrected chi connectivity index (χ2v) is 6.33. The van der Waals surface area contributed by atoms with Gasteiger partial charge < -0.3 is 5.73 Å². The smallest absolute Gasteiger partial charge is 0.0676 e. The van der Waals surface area contributed by atoms with Crippen LogP contribution in [0.5, 0.6) is 0 Å². The summed E-state index contributed by atoms with van der Waals surface area (Å²) in [6.07, 6.45) is 6.14. The van der Waals surface area contributed by atoms with Crippen molar-refractivity contribution in [3.63, 3.8) is 0 Å². The Morgan fingerprint density at radius 2 is 1.95 bits per heavy atom. The van der Waals surface area contributed by atoms with Crippen molar-refractivity contribution in [1.29, 1.82) is 0 Å². The van der Waals surface area contributed by atoms with Crippen LogP contribution in [0.1, 0.15) is 77.5 Å². The summed E-state index contributed by atoms with van der Waals surface area (Å²) in [6.45, 7) is 14.9. The quantitative estimate of drug-likeness (QED) is 0.554. The Bertz CT molecular complexity index is 565. The molecule has 0 saturated carbocycles. The average molecular weight is 300 g/mol. The molecule has 0 aliphatic heterocycles. The number of hydrogen-bond donors (Lipinski definition) is 1. The molecule has 0 amide bonds. The predicted octanol–water partition coefficient (Wildman–Crippen LogP) is 5.82. The Hall–Kier alpha value is -1.57. The molecule has 122 valence electrons. The summed E-state index contributed by atoms with van der Waals surface area (Å²) in [5, 5.41) is 0. The van der Waals surface area contributed by atoms with Crippen LogP contribution in [0.15, 0.2) is 23.2 Å². The number of allylic oxidation sites excluding steroid dienone is 1. The Labute approximate surface area is 136 Å². The van der Waals surface area contributed by atoms with Gasteiger partial charge in [-0.15, -0.1) is 0 Å². The van der Waals surface area contributed by atoms with Crippen molar-refractivity contribution in [2.45, 2.75) is 67.2 Å². The minimum Gasteiger partial charge on any atom is -0.398 e. The molecule has 2 nitrogen and oxygen atoms in total. The van der Waals surface area contributed by atoms with Gasteiger partial charge >= 0.3 is 0 Å². The van der Waals surface area contributed by atoms with Gasteiger partial charge in [-0.25, -0.2) is 0 Å². The zero-order valence-electron chi connectivity index (χ0n) is 15.3. The fourth-order valence-corrected chi connectivity index (χ4v) is 3.63. The topological polar surface area (TPSA) is 38.4 Å². The van der Waals surface area contributed by atoms with Crippen LogP contribution in [0.4, 0.5) is 5.69 Å². The van der Waals surface area contributed by atoms with E-state index in [0.717, 1.165) is 23.4 Å². The lowest BCUT2D eigenvalue weighted by Gasteiger charge is -2.26. The van der Waals surface area contributed by atoms with Crippen LogP contribution in [0.2, 0.25) is 0 Å². The number of aliphatic imine (C=N–C) groups is 1. The lowest BCUT2D eigenvalue weighted by atomic mass is 9.78. The third-order valence-electron chi connectivity index (χ3n) is 4.50. The second-order valence-electron chi connectivity index (χ2n) is 6.33. The summed E-state index contributed by atoms with van der Waals surface area (Å²) in [6, 6.07) is 4.44. The van der Waals surface area contributed by atoms with Crippen molar-refractivity contribution in [3.8, 4) is 0 Å². The van der Waals surface area contributed by atoms with E-state index in [9.17, 15) is 0 Å². The number of fused-ring (bicyclic) bond motifs is 1. The van der Waals surface area contributed by atoms with Crippen LogP contribution in [-0.2, 0) is 6.42 Å². The van der Waals surface area contributed by atoms with Gasteiger partial charge in [-0.2, -0.15) is 0 Å². The number of anilines is 1. The van der Waals surface area contributed by atoms with Gasteiger partial charge in [-0.05, 0) is 61.3 Å². The minimum atomic E-state index is 0.326. The van der Waals surface area contributed by atoms with Gasteiger partial charge in [-0.3, -0.25) is 4.99 Å². The molecule has 2 heteroatoms. The summed E-state index contributed by atoms with van der Waals surface area (Å²) in [4.78, 5) is 4.44. The fraction of sp³-hybridized carbons (Fsp3) is 0.550. The SMILES string of the molecule is CC.CC=N/C(=C\C)c1cc2c(cc1N)CC(C)(C)C2CC. The Morgan fingerprint density at radius 1 is 1.32 bits per heavy atom. The highest BCUT2D eigenvalue weighted by atomic mass is 14.7. The number of benzene rings is 1. The first-order valence-corrected chi connectivity index (χ1v) is 8.52. The third-order valence-corrected chi connectivity index (χ3v) is 4.50. The van der Waals surface area contributed by atoms with Crippen molar-refractivity contribution in [3.05, 3.63) is 34.9 Å². The molecule has 0 fully saturated rings. The van der Waals surface area contributed by atoms with E-state index in [1.54, 1.807) is 0 Å². The van der Waals surface area contributed by atoms with Crippen molar-refractivity contribution < 1.29 is 0 Å². The van der Waals surface area contributed by atoms with Crippen molar-refractivity contribution >= 4 is 17.6 Å². The highest BCUT2D eigenvalue weighted by Gasteiger charge is 2.38. The van der Waals surface area contributed by atoms with Crippen molar-refractivity contribution in [1.82, 2.24) is 0 Å². The van der Waals surface area contributed by atoms with E-state index in [4.69, 9.17) is 5.73 Å². The summed E-state index contributed by atoms with van der Waals surface area (Å²) in [5.74, 6) is 0.612. The molecule has 1 unspecified atom stereocenters. The van der Waals surface area contributed by atoms with Crippen LogP contribution >= 0.6 is 0 Å². The lowest BCUT2D eigenvalue weighted by molar-refractivity contribution is 0.306. The van der Waals surface area contributed by atoms with Gasteiger partial charge in [0.05, 0.1) is 5.70 Å². The molecule has 0 aromatic heterocycles. The maximum absolute atomic E-state index is 6.26. The van der Waals surface area contributed by atoms with Crippen molar-refractivity contribution in [2.75, 3.05) is 5.73 Å². The molecule has 1 aromatic carbocycles. The van der Waals surface area contributed by atoms with Crippen LogP contribution in [0.25, 0.3) is 5.70 Å². The number of nitrogens with two attached hydrogens (primary N) is 1. The van der Waals surface area contributed by atoms with E-state index < -0.39 is 0 Å². The fourth-order valence-electron chi connectivity index (χ4n) is 3.63. The van der Waals surface area contributed by atoms with Gasteiger partial charge in [0, 0.05) is 17.5 Å². The molecule has 2 N–H and O–H groups in total. The average Bonchev–Trinajstić information content (AvgIpc) is 2.74. The minimum absolute atomic E-state index is 0.326. The number of rotatable bonds is 3. The van der Waals surface area contributed by atoms with Crippen LogP contribution < -0.4 is 5.73 Å². The Morgan fingerprint density at radius 3 is 2.45 bits per heavy atom. The Kier molecular flexibility index (Phi) is 6.40. The zero-order chi connectivity index (χ0) is 16.9. The molecule has 0 radical (unpaired) electrons. The van der Waals surface area contributed by atoms with Gasteiger partial charge in [0.2, 0.25) is 0 Å². The number of nitrogen functional groups attached to an aromatic ring is 1. The molecule has 22 heavy (non-hydrogen) atoms. The van der Waals surface area contributed by atoms with E-state index in [-0.39, 0.29) is 0 Å². The molecule has 1 atom stereocenters. The number of hydrogen-bond acceptors (Lipinski definition) is 2. The van der Waals surface area contributed by atoms with E-state index in [1.807, 2.05) is 40.0 Å². The second kappa shape index (κ2) is 7.62. The van der Waals surface area contributed by atoms with E-state index in [1.165, 1.54) is 17.5 Å². The Balaban J connectivity index is 0.00000116. The maximum Gasteiger partial charge on any atom is 0.0676 e. The first-order valence-electron chi connectivity index (χ1n) is 8.52. The van der Waals surface area contributed by atoms with Gasteiger partial charge in [0.25, 0.3) is 0 Å². The predicted molar refractivity (Wildman–Crippen MR) is 101 cm³/mol. The normalized spacial score (nSPS) is 19.8. The van der Waals surface area contributed by atoms with Crippen LogP contribution in [0.3, 0.4) is 0 Å². The third kappa shape index (κ3) is 3.43. The molecule has 2 rings (SSSR count). The first-order chi connectivity index (χ1) is 10.4. The molecule has 0 saturated heterocycles. The standard InChI is InChI=1S/C18H26N2.C2H6/c1-6-15-13-10-14(17(7-2)20-8-3)16(19)9-12(13)11-18(15,4)5;1-2/h7-10,15H,6,11,19H2,1-5H3;1-2H3/b17-7-,20-8?;. The largest absolute Gasteiger partial charge is 0.398 e. The van der Waals surface area contributed by atoms with Gasteiger partial charge in [-0.1, -0.05) is 40.7 Å². The van der Waals surface area contributed by atoms with E-state index >= 15 is 0 Å². The summed E-state index contributed by atoms with van der Waals surface area (Å²) < 4.78 is 0. The van der Waals surface area contributed by atoms with Crippen molar-refractivity contribution in [2.24, 2.45) is 10.4 Å². The summed E-state index contributed by atoms with van der Waals surface area (Å²) >= 11 is 0. The maximum atomic E-state index is 6.26. The summed E-state index contributed by atoms with van der Waals surface area (Å²) in [5.41, 5.74) is 12.3. The monoisotopic (exact) mass is 300 g/mol. The molecule has 1 aromatic rings.